The highest BCUT2D eigenvalue weighted by atomic mass is 127. The molecule has 0 aliphatic heterocycles. The van der Waals surface area contributed by atoms with Crippen LogP contribution < -0.4 is 0 Å². The Balaban J connectivity index is 3.61. The van der Waals surface area contributed by atoms with E-state index in [2.05, 4.69) is 0 Å². The van der Waals surface area contributed by atoms with Gasteiger partial charge in [0.2, 0.25) is 0 Å². The maximum atomic E-state index is 12.8. The number of hydrogen-bond acceptors (Lipinski definition) is 1. The van der Waals surface area contributed by atoms with Gasteiger partial charge in [-0.3, -0.25) is 0 Å². The molecule has 1 nitrogen and oxygen atoms in total. The molecule has 0 saturated heterocycles. The highest BCUT2D eigenvalue weighted by molar-refractivity contribution is 14.1. The van der Waals surface area contributed by atoms with Gasteiger partial charge in [0, 0.05) is 9.13 Å². The first kappa shape index (κ1) is 15.5. The van der Waals surface area contributed by atoms with Crippen molar-refractivity contribution in [2.75, 3.05) is 0 Å². The molecule has 0 aromatic heterocycles. The van der Waals surface area contributed by atoms with Crippen LogP contribution in [0.4, 0.5) is 30.7 Å². The molecule has 0 radical (unpaired) electrons. The number of alkyl halides is 6. The molecule has 0 saturated carbocycles. The van der Waals surface area contributed by atoms with Gasteiger partial charge < -0.3 is 5.11 Å². The fourth-order valence-corrected chi connectivity index (χ4v) is 1.97. The van der Waals surface area contributed by atoms with Crippen molar-refractivity contribution in [3.8, 4) is 0 Å². The third kappa shape index (κ3) is 2.42. The van der Waals surface area contributed by atoms with Crippen LogP contribution in [0.25, 0.3) is 0 Å². The molecule has 1 N–H and O–H groups in total. The Morgan fingerprint density at radius 2 is 1.39 bits per heavy atom. The molecule has 0 heterocycles. The molecule has 102 valence electrons. The van der Waals surface area contributed by atoms with E-state index in [4.69, 9.17) is 5.11 Å². The average molecular weight is 388 g/mol. The van der Waals surface area contributed by atoms with E-state index >= 15 is 0 Å². The first-order valence-electron chi connectivity index (χ1n) is 4.22. The highest BCUT2D eigenvalue weighted by Crippen LogP contribution is 2.51. The summed E-state index contributed by atoms with van der Waals surface area (Å²) in [7, 11) is 0. The maximum absolute atomic E-state index is 12.8. The summed E-state index contributed by atoms with van der Waals surface area (Å²) >= 11 is 1.16. The van der Waals surface area contributed by atoms with Gasteiger partial charge in [-0.15, -0.1) is 0 Å². The zero-order valence-electron chi connectivity index (χ0n) is 8.20. The van der Waals surface area contributed by atoms with Crippen molar-refractivity contribution in [3.63, 3.8) is 0 Å². The van der Waals surface area contributed by atoms with Crippen molar-refractivity contribution in [1.29, 1.82) is 0 Å². The molecular formula is C9H4F7IO. The molecule has 0 amide bonds. The minimum absolute atomic E-state index is 0.0166. The fraction of sp³-hybridized carbons (Fsp3) is 0.333. The number of hydrogen-bond donors (Lipinski definition) is 1. The summed E-state index contributed by atoms with van der Waals surface area (Å²) in [5.74, 6) is -1.31. The summed E-state index contributed by atoms with van der Waals surface area (Å²) in [6.07, 6.45) is -12.0. The van der Waals surface area contributed by atoms with E-state index in [1.54, 1.807) is 0 Å². The molecule has 1 aromatic rings. The standard InChI is InChI=1S/C9H4F7IO/c10-4-1-2-6(17)5(3-4)7(18,8(11,12)13)9(14,15)16/h1-3,18H. The zero-order chi connectivity index (χ0) is 14.4. The fourth-order valence-electron chi connectivity index (χ4n) is 1.24. The Morgan fingerprint density at radius 3 is 1.78 bits per heavy atom. The molecule has 1 rings (SSSR count). The van der Waals surface area contributed by atoms with Crippen LogP contribution in [0.1, 0.15) is 5.56 Å². The second-order valence-electron chi connectivity index (χ2n) is 3.33. The van der Waals surface area contributed by atoms with Crippen LogP contribution in [0.2, 0.25) is 0 Å². The smallest absolute Gasteiger partial charge is 0.369 e. The van der Waals surface area contributed by atoms with Crippen molar-refractivity contribution in [1.82, 2.24) is 0 Å². The van der Waals surface area contributed by atoms with Crippen LogP contribution in [0.5, 0.6) is 0 Å². The lowest BCUT2D eigenvalue weighted by Gasteiger charge is -2.33. The largest absolute Gasteiger partial charge is 0.430 e. The summed E-state index contributed by atoms with van der Waals surface area (Å²) in [5.41, 5.74) is -6.68. The first-order valence-corrected chi connectivity index (χ1v) is 5.30. The Kier molecular flexibility index (Phi) is 3.88. The SMILES string of the molecule is OC(c1cc(F)ccc1I)(C(F)(F)F)C(F)(F)F. The van der Waals surface area contributed by atoms with Crippen molar-refractivity contribution in [2.45, 2.75) is 18.0 Å². The molecule has 0 aliphatic carbocycles. The lowest BCUT2D eigenvalue weighted by molar-refractivity contribution is -0.376. The molecule has 0 atom stereocenters. The van der Waals surface area contributed by atoms with Crippen LogP contribution in [-0.4, -0.2) is 17.5 Å². The topological polar surface area (TPSA) is 20.2 Å². The summed E-state index contributed by atoms with van der Waals surface area (Å²) in [5, 5.41) is 9.04. The normalized spacial score (nSPS) is 13.8. The van der Waals surface area contributed by atoms with E-state index in [1.807, 2.05) is 0 Å². The quantitative estimate of drug-likeness (QED) is 0.574. The third-order valence-electron chi connectivity index (χ3n) is 2.14. The van der Waals surface area contributed by atoms with E-state index in [0.717, 1.165) is 22.6 Å². The van der Waals surface area contributed by atoms with Gasteiger partial charge in [-0.2, -0.15) is 26.3 Å². The summed E-state index contributed by atoms with van der Waals surface area (Å²) in [6, 6.07) is 1.43. The summed E-state index contributed by atoms with van der Waals surface area (Å²) in [4.78, 5) is 0. The van der Waals surface area contributed by atoms with Gasteiger partial charge in [-0.05, 0) is 40.8 Å². The van der Waals surface area contributed by atoms with Gasteiger partial charge in [0.1, 0.15) is 5.82 Å². The van der Waals surface area contributed by atoms with Crippen LogP contribution in [-0.2, 0) is 5.60 Å². The van der Waals surface area contributed by atoms with E-state index in [-0.39, 0.29) is 6.07 Å². The minimum Gasteiger partial charge on any atom is -0.369 e. The summed E-state index contributed by atoms with van der Waals surface area (Å²) < 4.78 is 87.3. The van der Waals surface area contributed by atoms with Gasteiger partial charge in [0.05, 0.1) is 0 Å². The van der Waals surface area contributed by atoms with E-state index in [1.165, 1.54) is 0 Å². The number of rotatable bonds is 1. The molecule has 0 bridgehead atoms. The number of benzene rings is 1. The van der Waals surface area contributed by atoms with E-state index in [0.29, 0.717) is 12.1 Å². The molecule has 0 unspecified atom stereocenters. The third-order valence-corrected chi connectivity index (χ3v) is 3.08. The van der Waals surface area contributed by atoms with Crippen molar-refractivity contribution in [3.05, 3.63) is 33.1 Å². The number of halogens is 8. The van der Waals surface area contributed by atoms with Crippen LogP contribution in [0.3, 0.4) is 0 Å². The number of aliphatic hydroxyl groups is 1. The van der Waals surface area contributed by atoms with Crippen molar-refractivity contribution >= 4 is 22.6 Å². The van der Waals surface area contributed by atoms with E-state index < -0.39 is 32.9 Å². The van der Waals surface area contributed by atoms with Crippen molar-refractivity contribution in [2.24, 2.45) is 0 Å². The molecule has 0 spiro atoms. The van der Waals surface area contributed by atoms with Gasteiger partial charge >= 0.3 is 12.4 Å². The van der Waals surface area contributed by atoms with Gasteiger partial charge in [0.25, 0.3) is 5.60 Å². The molecule has 1 aromatic carbocycles. The van der Waals surface area contributed by atoms with Gasteiger partial charge in [-0.25, -0.2) is 4.39 Å². The monoisotopic (exact) mass is 388 g/mol. The predicted molar refractivity (Wildman–Crippen MR) is 55.1 cm³/mol. The Bertz CT molecular complexity index is 437. The predicted octanol–water partition coefficient (Wildman–Crippen LogP) is 3.74. The van der Waals surface area contributed by atoms with Crippen LogP contribution in [0.15, 0.2) is 18.2 Å². The van der Waals surface area contributed by atoms with Crippen LogP contribution >= 0.6 is 22.6 Å². The Morgan fingerprint density at radius 1 is 0.944 bits per heavy atom. The summed E-state index contributed by atoms with van der Waals surface area (Å²) in [6.45, 7) is 0. The molecule has 9 heteroatoms. The highest BCUT2D eigenvalue weighted by Gasteiger charge is 2.72. The van der Waals surface area contributed by atoms with E-state index in [9.17, 15) is 30.7 Å². The molecule has 18 heavy (non-hydrogen) atoms. The Labute approximate surface area is 110 Å². The first-order chi connectivity index (χ1) is 7.91. The van der Waals surface area contributed by atoms with Crippen molar-refractivity contribution < 1.29 is 35.8 Å². The molecule has 0 fully saturated rings. The zero-order valence-corrected chi connectivity index (χ0v) is 10.4. The van der Waals surface area contributed by atoms with Gasteiger partial charge in [0.15, 0.2) is 0 Å². The Hall–Kier alpha value is -0.580. The van der Waals surface area contributed by atoms with Crippen LogP contribution in [0, 0.1) is 9.39 Å². The molecular weight excluding hydrogens is 384 g/mol. The average Bonchev–Trinajstić information content (AvgIpc) is 2.17. The lowest BCUT2D eigenvalue weighted by Crippen LogP contribution is -2.54. The lowest BCUT2D eigenvalue weighted by atomic mass is 9.92. The second kappa shape index (κ2) is 4.51. The maximum Gasteiger partial charge on any atom is 0.430 e. The molecule has 0 aliphatic rings. The second-order valence-corrected chi connectivity index (χ2v) is 4.49. The van der Waals surface area contributed by atoms with Gasteiger partial charge in [-0.1, -0.05) is 0 Å². The minimum atomic E-state index is -6.01.